The minimum absolute atomic E-state index is 0.0192. The van der Waals surface area contributed by atoms with E-state index in [-0.39, 0.29) is 43.0 Å². The lowest BCUT2D eigenvalue weighted by molar-refractivity contribution is -0.146. The lowest BCUT2D eigenvalue weighted by Gasteiger charge is -2.32. The van der Waals surface area contributed by atoms with Crippen LogP contribution in [0.1, 0.15) is 43.9 Å². The van der Waals surface area contributed by atoms with Crippen molar-refractivity contribution in [2.45, 2.75) is 75.9 Å². The zero-order valence-electron chi connectivity index (χ0n) is 25.2. The molecule has 4 atom stereocenters. The van der Waals surface area contributed by atoms with Crippen molar-refractivity contribution in [2.75, 3.05) is 43.2 Å². The Bertz CT molecular complexity index is 1360. The predicted octanol–water partition coefficient (Wildman–Crippen LogP) is 2.35. The number of methoxy groups -OCH3 is 1. The molecule has 2 amide bonds. The van der Waals surface area contributed by atoms with Crippen molar-refractivity contribution in [1.29, 1.82) is 0 Å². The second-order valence-corrected chi connectivity index (χ2v) is 16.0. The second-order valence-electron chi connectivity index (χ2n) is 12.1. The van der Waals surface area contributed by atoms with Crippen LogP contribution in [0.2, 0.25) is 18.6 Å². The van der Waals surface area contributed by atoms with Gasteiger partial charge in [-0.25, -0.2) is 4.79 Å². The van der Waals surface area contributed by atoms with E-state index in [0.29, 0.717) is 67.9 Å². The van der Waals surface area contributed by atoms with Crippen LogP contribution >= 0.6 is 0 Å². The summed E-state index contributed by atoms with van der Waals surface area (Å²) in [4.78, 5) is 53.4. The first-order chi connectivity index (χ1) is 20.5. The standard InChI is InChI=1S/C29H41N5O8Si/c1-19-26(43(3,4)39)24(10-13-32-18-20(11-15-35)30-31-32)42-29(19)22-17-21(33-14-16-41-28(33)38)8-9-23(22)34(27(29)37)12-6-5-7-25(36)40-2/h8-9,17-19,24,26,35,39H,5-7,10-16H2,1-4H3/t19-,24+,26-,29+/m1/s1. The molecule has 0 radical (unpaired) electrons. The molecule has 3 aliphatic heterocycles. The molecule has 0 bridgehead atoms. The van der Waals surface area contributed by atoms with Gasteiger partial charge in [0.2, 0.25) is 0 Å². The number of aromatic nitrogens is 3. The Morgan fingerprint density at radius 1 is 1.23 bits per heavy atom. The summed E-state index contributed by atoms with van der Waals surface area (Å²) in [5, 5.41) is 17.5. The number of cyclic esters (lactones) is 1. The van der Waals surface area contributed by atoms with Gasteiger partial charge < -0.3 is 29.0 Å². The number of aliphatic hydroxyl groups excluding tert-OH is 1. The minimum atomic E-state index is -2.87. The Hall–Kier alpha value is -3.33. The lowest BCUT2D eigenvalue weighted by Crippen LogP contribution is -2.46. The molecule has 4 heterocycles. The van der Waals surface area contributed by atoms with Crippen LogP contribution in [0.4, 0.5) is 16.2 Å². The van der Waals surface area contributed by atoms with Crippen molar-refractivity contribution >= 4 is 37.7 Å². The highest BCUT2D eigenvalue weighted by Crippen LogP contribution is 2.60. The number of esters is 1. The molecule has 1 spiro atoms. The molecule has 0 aliphatic carbocycles. The largest absolute Gasteiger partial charge is 0.469 e. The van der Waals surface area contributed by atoms with Gasteiger partial charge in [0, 0.05) is 61.4 Å². The fourth-order valence-electron chi connectivity index (χ4n) is 6.93. The van der Waals surface area contributed by atoms with E-state index >= 15 is 0 Å². The second kappa shape index (κ2) is 12.3. The third kappa shape index (κ3) is 5.80. The summed E-state index contributed by atoms with van der Waals surface area (Å²) in [7, 11) is -1.51. The summed E-state index contributed by atoms with van der Waals surface area (Å²) >= 11 is 0. The van der Waals surface area contributed by atoms with E-state index in [1.807, 2.05) is 38.2 Å². The van der Waals surface area contributed by atoms with Gasteiger partial charge in [0.15, 0.2) is 13.9 Å². The SMILES string of the molecule is COC(=O)CCCCN1C(=O)[C@@]2(O[C@@H](CCn3cc(CCO)nn3)[C@H]([Si](C)(C)O)[C@H]2C)c2cc(N3CCOC3=O)ccc21. The van der Waals surface area contributed by atoms with E-state index in [1.165, 1.54) is 7.11 Å². The smallest absolute Gasteiger partial charge is 0.414 e. The van der Waals surface area contributed by atoms with Gasteiger partial charge in [-0.15, -0.1) is 5.10 Å². The van der Waals surface area contributed by atoms with Crippen LogP contribution in [-0.4, -0.2) is 90.7 Å². The summed E-state index contributed by atoms with van der Waals surface area (Å²) in [5.41, 5.74) is 1.05. The first kappa shape index (κ1) is 31.1. The zero-order valence-corrected chi connectivity index (χ0v) is 26.2. The molecule has 234 valence electrons. The maximum Gasteiger partial charge on any atom is 0.414 e. The molecule has 13 nitrogen and oxygen atoms in total. The van der Waals surface area contributed by atoms with E-state index in [1.54, 1.807) is 20.7 Å². The first-order valence-corrected chi connectivity index (χ1v) is 17.9. The van der Waals surface area contributed by atoms with Crippen LogP contribution in [0.5, 0.6) is 0 Å². The van der Waals surface area contributed by atoms with Crippen LogP contribution in [0.3, 0.4) is 0 Å². The Kier molecular flexibility index (Phi) is 8.93. The monoisotopic (exact) mass is 615 g/mol. The Morgan fingerprint density at radius 3 is 2.70 bits per heavy atom. The van der Waals surface area contributed by atoms with Crippen LogP contribution in [0, 0.1) is 5.92 Å². The van der Waals surface area contributed by atoms with Gasteiger partial charge in [0.1, 0.15) is 6.61 Å². The topological polar surface area (TPSA) is 157 Å². The van der Waals surface area contributed by atoms with Gasteiger partial charge in [-0.05, 0) is 50.6 Å². The third-order valence-corrected chi connectivity index (χ3v) is 11.4. The van der Waals surface area contributed by atoms with Gasteiger partial charge in [-0.1, -0.05) is 12.1 Å². The zero-order chi connectivity index (χ0) is 30.9. The number of aliphatic hydroxyl groups is 1. The number of anilines is 2. The van der Waals surface area contributed by atoms with E-state index in [9.17, 15) is 24.3 Å². The highest BCUT2D eigenvalue weighted by Gasteiger charge is 2.66. The number of carbonyl (C=O) groups is 3. The number of aryl methyl sites for hydroxylation is 1. The number of ether oxygens (including phenoxy) is 3. The first-order valence-electron chi connectivity index (χ1n) is 14.9. The molecule has 1 aromatic heterocycles. The van der Waals surface area contributed by atoms with Crippen molar-refractivity contribution < 1.29 is 38.5 Å². The number of benzene rings is 1. The summed E-state index contributed by atoms with van der Waals surface area (Å²) in [6.07, 6.45) is 3.22. The highest BCUT2D eigenvalue weighted by atomic mass is 28.4. The average Bonchev–Trinajstić information content (AvgIpc) is 3.72. The van der Waals surface area contributed by atoms with Gasteiger partial charge >= 0.3 is 12.1 Å². The van der Waals surface area contributed by atoms with Gasteiger partial charge in [-0.2, -0.15) is 0 Å². The molecular weight excluding hydrogens is 574 g/mol. The summed E-state index contributed by atoms with van der Waals surface area (Å²) < 4.78 is 18.5. The van der Waals surface area contributed by atoms with Crippen molar-refractivity contribution in [1.82, 2.24) is 15.0 Å². The number of nitrogens with zero attached hydrogens (tertiary/aromatic N) is 5. The number of fused-ring (bicyclic) bond motifs is 2. The molecular formula is C29H41N5O8Si. The van der Waals surface area contributed by atoms with Crippen LogP contribution in [-0.2, 0) is 42.4 Å². The molecule has 2 aromatic rings. The van der Waals surface area contributed by atoms with Gasteiger partial charge in [-0.3, -0.25) is 19.2 Å². The van der Waals surface area contributed by atoms with Gasteiger partial charge in [0.25, 0.3) is 5.91 Å². The quantitative estimate of drug-likeness (QED) is 0.206. The summed E-state index contributed by atoms with van der Waals surface area (Å²) in [6, 6.07) is 5.52. The molecule has 2 saturated heterocycles. The minimum Gasteiger partial charge on any atom is -0.469 e. The number of unbranched alkanes of at least 4 members (excludes halogenated alkanes) is 1. The van der Waals surface area contributed by atoms with Crippen molar-refractivity contribution in [3.63, 3.8) is 0 Å². The average molecular weight is 616 g/mol. The molecule has 2 N–H and O–H groups in total. The van der Waals surface area contributed by atoms with Crippen molar-refractivity contribution in [3.8, 4) is 0 Å². The molecule has 3 aliphatic rings. The third-order valence-electron chi connectivity index (χ3n) is 8.88. The summed E-state index contributed by atoms with van der Waals surface area (Å²) in [5.74, 6) is -0.862. The number of carbonyl (C=O) groups excluding carboxylic acids is 3. The van der Waals surface area contributed by atoms with Crippen LogP contribution in [0.15, 0.2) is 24.4 Å². The molecule has 0 saturated carbocycles. The fourth-order valence-corrected chi connectivity index (χ4v) is 9.53. The molecule has 43 heavy (non-hydrogen) atoms. The molecule has 1 aromatic carbocycles. The van der Waals surface area contributed by atoms with Crippen molar-refractivity contribution in [2.24, 2.45) is 5.92 Å². The van der Waals surface area contributed by atoms with E-state index in [0.717, 1.165) is 0 Å². The van der Waals surface area contributed by atoms with Crippen LogP contribution < -0.4 is 9.80 Å². The van der Waals surface area contributed by atoms with Crippen LogP contribution in [0.25, 0.3) is 0 Å². The van der Waals surface area contributed by atoms with E-state index in [2.05, 4.69) is 10.3 Å². The fraction of sp³-hybridized carbons (Fsp3) is 0.621. The molecule has 2 fully saturated rings. The molecule has 0 unspecified atom stereocenters. The Labute approximate surface area is 251 Å². The highest BCUT2D eigenvalue weighted by molar-refractivity contribution is 6.71. The molecule has 5 rings (SSSR count). The van der Waals surface area contributed by atoms with Crippen molar-refractivity contribution in [3.05, 3.63) is 35.7 Å². The molecule has 14 heteroatoms. The Morgan fingerprint density at radius 2 is 2.02 bits per heavy atom. The summed E-state index contributed by atoms with van der Waals surface area (Å²) in [6.45, 7) is 7.25. The predicted molar refractivity (Wildman–Crippen MR) is 158 cm³/mol. The maximum absolute atomic E-state index is 14.5. The van der Waals surface area contributed by atoms with E-state index in [4.69, 9.17) is 14.2 Å². The van der Waals surface area contributed by atoms with Gasteiger partial charge in [0.05, 0.1) is 31.1 Å². The number of hydrogen-bond donors (Lipinski definition) is 2. The Balaban J connectivity index is 1.49. The lowest BCUT2D eigenvalue weighted by atomic mass is 9.82. The maximum atomic E-state index is 14.5. The van der Waals surface area contributed by atoms with E-state index < -0.39 is 26.1 Å². The number of rotatable bonds is 12. The number of amides is 2. The normalized spacial score (nSPS) is 25.1. The number of hydrogen-bond acceptors (Lipinski definition) is 10.